The molecule has 2 rings (SSSR count). The van der Waals surface area contributed by atoms with Crippen molar-refractivity contribution in [1.82, 2.24) is 5.32 Å². The normalized spacial score (nSPS) is 10.1. The molecule has 2 aromatic rings. The van der Waals surface area contributed by atoms with E-state index in [2.05, 4.69) is 11.4 Å². The summed E-state index contributed by atoms with van der Waals surface area (Å²) < 4.78 is 17.2. The van der Waals surface area contributed by atoms with Gasteiger partial charge >= 0.3 is 0 Å². The Labute approximate surface area is 166 Å². The molecule has 0 heterocycles. The van der Waals surface area contributed by atoms with Crippen LogP contribution in [0.4, 0.5) is 0 Å². The van der Waals surface area contributed by atoms with E-state index in [1.807, 2.05) is 50.2 Å². The largest absolute Gasteiger partial charge is 0.493 e. The lowest BCUT2D eigenvalue weighted by molar-refractivity contribution is -0.120. The summed E-state index contributed by atoms with van der Waals surface area (Å²) in [5.74, 6) is 1.84. The molecule has 0 aromatic heterocycles. The first kappa shape index (κ1) is 21.1. The number of benzene rings is 2. The zero-order chi connectivity index (χ0) is 20.4. The summed E-state index contributed by atoms with van der Waals surface area (Å²) in [7, 11) is 1.59. The zero-order valence-corrected chi connectivity index (χ0v) is 16.6. The number of nitriles is 1. The van der Waals surface area contributed by atoms with Crippen molar-refractivity contribution in [2.75, 3.05) is 26.9 Å². The Hall–Kier alpha value is -3.20. The van der Waals surface area contributed by atoms with Crippen molar-refractivity contribution in [1.29, 1.82) is 5.26 Å². The lowest BCUT2D eigenvalue weighted by Gasteiger charge is -2.16. The van der Waals surface area contributed by atoms with Crippen LogP contribution in [0.15, 0.2) is 36.4 Å². The first-order valence-electron chi connectivity index (χ1n) is 9.17. The molecule has 6 heteroatoms. The van der Waals surface area contributed by atoms with Crippen molar-refractivity contribution < 1.29 is 19.0 Å². The Morgan fingerprint density at radius 2 is 1.89 bits per heavy atom. The van der Waals surface area contributed by atoms with Crippen LogP contribution in [-0.2, 0) is 11.2 Å². The molecule has 0 saturated heterocycles. The Bertz CT molecular complexity index is 843. The molecule has 0 aliphatic heterocycles. The predicted octanol–water partition coefficient (Wildman–Crippen LogP) is 3.34. The molecule has 2 aromatic carbocycles. The highest BCUT2D eigenvalue weighted by Gasteiger charge is 2.11. The number of amides is 1. The molecular formula is C22H26N2O4. The van der Waals surface area contributed by atoms with Gasteiger partial charge in [-0.05, 0) is 49.1 Å². The second-order valence-electron chi connectivity index (χ2n) is 6.35. The lowest BCUT2D eigenvalue weighted by atomic mass is 10.1. The average molecular weight is 382 g/mol. The molecule has 0 aliphatic rings. The number of aryl methyl sites for hydroxylation is 2. The number of para-hydroxylation sites is 1. The Balaban J connectivity index is 1.94. The minimum atomic E-state index is -0.283. The van der Waals surface area contributed by atoms with Crippen LogP contribution in [0.5, 0.6) is 17.2 Å². The summed E-state index contributed by atoms with van der Waals surface area (Å²) in [6.07, 6.45) is 0.429. The number of hydrogen-bond donors (Lipinski definition) is 1. The minimum Gasteiger partial charge on any atom is -0.493 e. The van der Waals surface area contributed by atoms with Gasteiger partial charge in [0.1, 0.15) is 25.4 Å². The fourth-order valence-electron chi connectivity index (χ4n) is 2.71. The van der Waals surface area contributed by atoms with E-state index in [4.69, 9.17) is 19.5 Å². The molecule has 1 amide bonds. The molecular weight excluding hydrogens is 356 g/mol. The molecule has 148 valence electrons. The maximum Gasteiger partial charge on any atom is 0.234 e. The molecule has 0 aliphatic carbocycles. The van der Waals surface area contributed by atoms with E-state index < -0.39 is 0 Å². The summed E-state index contributed by atoms with van der Waals surface area (Å²) >= 11 is 0. The molecule has 0 atom stereocenters. The maximum atomic E-state index is 11.4. The quantitative estimate of drug-likeness (QED) is 0.638. The fourth-order valence-corrected chi connectivity index (χ4v) is 2.71. The van der Waals surface area contributed by atoms with E-state index in [1.54, 1.807) is 7.11 Å². The maximum absolute atomic E-state index is 11.4. The van der Waals surface area contributed by atoms with Gasteiger partial charge in [-0.2, -0.15) is 5.26 Å². The van der Waals surface area contributed by atoms with Crippen LogP contribution in [0.3, 0.4) is 0 Å². The predicted molar refractivity (Wildman–Crippen MR) is 107 cm³/mol. The second-order valence-corrected chi connectivity index (χ2v) is 6.35. The number of nitrogens with one attached hydrogen (secondary N) is 1. The molecule has 0 spiro atoms. The highest BCUT2D eigenvalue weighted by atomic mass is 16.5. The van der Waals surface area contributed by atoms with Gasteiger partial charge < -0.3 is 19.5 Å². The van der Waals surface area contributed by atoms with Gasteiger partial charge in [0.05, 0.1) is 13.2 Å². The number of nitrogens with zero attached hydrogens (tertiary/aromatic N) is 1. The van der Waals surface area contributed by atoms with E-state index in [0.29, 0.717) is 37.7 Å². The highest BCUT2D eigenvalue weighted by molar-refractivity contribution is 5.77. The Morgan fingerprint density at radius 1 is 1.11 bits per heavy atom. The Morgan fingerprint density at radius 3 is 2.64 bits per heavy atom. The van der Waals surface area contributed by atoms with Gasteiger partial charge in [0, 0.05) is 6.54 Å². The van der Waals surface area contributed by atoms with Gasteiger partial charge in [-0.15, -0.1) is 0 Å². The molecule has 0 saturated carbocycles. The van der Waals surface area contributed by atoms with E-state index in [1.165, 1.54) is 0 Å². The third-order valence-electron chi connectivity index (χ3n) is 4.17. The standard InChI is InChI=1S/C22H26N2O4/c1-16-7-8-17(2)20(15-16)27-13-14-28-22-18(5-4-6-19(22)26-3)10-12-24-21(25)9-11-23/h4-8,15H,9-10,12-14H2,1-3H3,(H,24,25). The van der Waals surface area contributed by atoms with Gasteiger partial charge in [-0.3, -0.25) is 4.79 Å². The zero-order valence-electron chi connectivity index (χ0n) is 16.6. The minimum absolute atomic E-state index is 0.142. The van der Waals surface area contributed by atoms with E-state index in [9.17, 15) is 4.79 Å². The first-order chi connectivity index (χ1) is 13.5. The fraction of sp³-hybridized carbons (Fsp3) is 0.364. The van der Waals surface area contributed by atoms with Crippen LogP contribution in [0.25, 0.3) is 0 Å². The number of rotatable bonds is 10. The van der Waals surface area contributed by atoms with Crippen molar-refractivity contribution in [2.45, 2.75) is 26.7 Å². The smallest absolute Gasteiger partial charge is 0.234 e. The second kappa shape index (κ2) is 10.8. The monoisotopic (exact) mass is 382 g/mol. The van der Waals surface area contributed by atoms with Crippen LogP contribution in [0.2, 0.25) is 0 Å². The molecule has 1 N–H and O–H groups in total. The third kappa shape index (κ3) is 6.20. The summed E-state index contributed by atoms with van der Waals surface area (Å²) in [5.41, 5.74) is 3.15. The topological polar surface area (TPSA) is 80.6 Å². The molecule has 28 heavy (non-hydrogen) atoms. The number of ether oxygens (including phenoxy) is 3. The number of hydrogen-bond acceptors (Lipinski definition) is 5. The summed E-state index contributed by atoms with van der Waals surface area (Å²) in [5, 5.41) is 11.3. The van der Waals surface area contributed by atoms with Crippen LogP contribution in [-0.4, -0.2) is 32.8 Å². The van der Waals surface area contributed by atoms with Gasteiger partial charge in [0.25, 0.3) is 0 Å². The average Bonchev–Trinajstić information content (AvgIpc) is 2.68. The molecule has 0 unspecified atom stereocenters. The molecule has 0 fully saturated rings. The van der Waals surface area contributed by atoms with E-state index in [-0.39, 0.29) is 12.3 Å². The third-order valence-corrected chi connectivity index (χ3v) is 4.17. The Kier molecular flexibility index (Phi) is 8.16. The van der Waals surface area contributed by atoms with Crippen LogP contribution >= 0.6 is 0 Å². The summed E-state index contributed by atoms with van der Waals surface area (Å²) in [6, 6.07) is 13.6. The van der Waals surface area contributed by atoms with Crippen molar-refractivity contribution in [3.05, 3.63) is 53.1 Å². The van der Waals surface area contributed by atoms with E-state index in [0.717, 1.165) is 22.4 Å². The van der Waals surface area contributed by atoms with Crippen LogP contribution in [0, 0.1) is 25.2 Å². The van der Waals surface area contributed by atoms with Crippen molar-refractivity contribution in [3.8, 4) is 23.3 Å². The van der Waals surface area contributed by atoms with Crippen LogP contribution < -0.4 is 19.5 Å². The first-order valence-corrected chi connectivity index (χ1v) is 9.17. The van der Waals surface area contributed by atoms with Crippen molar-refractivity contribution in [2.24, 2.45) is 0 Å². The SMILES string of the molecule is COc1cccc(CCNC(=O)CC#N)c1OCCOc1cc(C)ccc1C. The van der Waals surface area contributed by atoms with Crippen molar-refractivity contribution in [3.63, 3.8) is 0 Å². The van der Waals surface area contributed by atoms with Crippen LogP contribution in [0.1, 0.15) is 23.1 Å². The lowest BCUT2D eigenvalue weighted by Crippen LogP contribution is -2.25. The number of carbonyl (C=O) groups is 1. The van der Waals surface area contributed by atoms with Gasteiger partial charge in [0.2, 0.25) is 5.91 Å². The number of methoxy groups -OCH3 is 1. The highest BCUT2D eigenvalue weighted by Crippen LogP contribution is 2.31. The van der Waals surface area contributed by atoms with Gasteiger partial charge in [-0.1, -0.05) is 24.3 Å². The molecule has 0 bridgehead atoms. The van der Waals surface area contributed by atoms with E-state index >= 15 is 0 Å². The number of carbonyl (C=O) groups excluding carboxylic acids is 1. The molecule has 6 nitrogen and oxygen atoms in total. The summed E-state index contributed by atoms with van der Waals surface area (Å²) in [6.45, 7) is 5.22. The van der Waals surface area contributed by atoms with Gasteiger partial charge in [0.15, 0.2) is 11.5 Å². The van der Waals surface area contributed by atoms with Gasteiger partial charge in [-0.25, -0.2) is 0 Å². The summed E-state index contributed by atoms with van der Waals surface area (Å²) in [4.78, 5) is 11.4. The van der Waals surface area contributed by atoms with Crippen molar-refractivity contribution >= 4 is 5.91 Å². The molecule has 0 radical (unpaired) electrons.